The highest BCUT2D eigenvalue weighted by Crippen LogP contribution is 2.42. The molecule has 3 nitrogen and oxygen atoms in total. The lowest BCUT2D eigenvalue weighted by Gasteiger charge is -2.18. The summed E-state index contributed by atoms with van der Waals surface area (Å²) in [4.78, 5) is 0. The van der Waals surface area contributed by atoms with Gasteiger partial charge in [0, 0.05) is 38.6 Å². The van der Waals surface area contributed by atoms with Crippen molar-refractivity contribution in [1.82, 2.24) is 4.57 Å². The van der Waals surface area contributed by atoms with Gasteiger partial charge in [-0.3, -0.25) is 0 Å². The van der Waals surface area contributed by atoms with E-state index in [1.165, 1.54) is 65.6 Å². The van der Waals surface area contributed by atoms with E-state index in [9.17, 15) is 0 Å². The molecule has 0 unspecified atom stereocenters. The molecule has 0 saturated heterocycles. The van der Waals surface area contributed by atoms with Gasteiger partial charge in [-0.05, 0) is 146 Å². The fraction of sp³-hybridized carbons (Fsp3) is 0.0175. The molecule has 0 amide bonds. The molecule has 1 N–H and O–H groups in total. The van der Waals surface area contributed by atoms with Gasteiger partial charge in [0.05, 0.1) is 11.0 Å². The first-order valence-electron chi connectivity index (χ1n) is 20.6. The van der Waals surface area contributed by atoms with Gasteiger partial charge in [0.2, 0.25) is 0 Å². The molecule has 0 radical (unpaired) electrons. The zero-order valence-corrected chi connectivity index (χ0v) is 33.0. The Morgan fingerprint density at radius 1 is 0.383 bits per heavy atom. The minimum atomic E-state index is 0.880. The number of rotatable bonds is 6. The van der Waals surface area contributed by atoms with E-state index in [1.807, 2.05) is 12.1 Å². The number of nitrogens with zero attached hydrogens (tertiary/aromatic N) is 1. The summed E-state index contributed by atoms with van der Waals surface area (Å²) in [6.45, 7) is 2.20. The number of anilines is 2. The smallest absolute Gasteiger partial charge is 0.136 e. The summed E-state index contributed by atoms with van der Waals surface area (Å²) in [7, 11) is 0. The third kappa shape index (κ3) is 5.59. The second-order valence-electron chi connectivity index (χ2n) is 15.9. The predicted molar refractivity (Wildman–Crippen MR) is 254 cm³/mol. The van der Waals surface area contributed by atoms with Gasteiger partial charge in [-0.2, -0.15) is 0 Å². The lowest BCUT2D eigenvalue weighted by atomic mass is 9.88. The Labute approximate surface area is 347 Å². The van der Waals surface area contributed by atoms with Crippen molar-refractivity contribution in [3.05, 3.63) is 212 Å². The lowest BCUT2D eigenvalue weighted by Crippen LogP contribution is -1.97. The van der Waals surface area contributed by atoms with Gasteiger partial charge in [-0.1, -0.05) is 127 Å². The molecular formula is C57H38N2O. The quantitative estimate of drug-likeness (QED) is 0.171. The predicted octanol–water partition coefficient (Wildman–Crippen LogP) is 16.0. The zero-order chi connectivity index (χ0) is 39.7. The third-order valence-corrected chi connectivity index (χ3v) is 12.2. The van der Waals surface area contributed by atoms with Crippen LogP contribution in [0.4, 0.5) is 11.4 Å². The average molecular weight is 767 g/mol. The van der Waals surface area contributed by atoms with Crippen LogP contribution in [-0.4, -0.2) is 4.57 Å². The highest BCUT2D eigenvalue weighted by Gasteiger charge is 2.17. The number of aromatic nitrogens is 1. The van der Waals surface area contributed by atoms with E-state index in [4.69, 9.17) is 4.42 Å². The lowest BCUT2D eigenvalue weighted by molar-refractivity contribution is 0.669. The van der Waals surface area contributed by atoms with E-state index in [2.05, 4.69) is 211 Å². The van der Waals surface area contributed by atoms with Crippen LogP contribution in [0.15, 0.2) is 211 Å². The summed E-state index contributed by atoms with van der Waals surface area (Å²) in [6.07, 6.45) is 0. The van der Waals surface area contributed by atoms with Gasteiger partial charge >= 0.3 is 0 Å². The number of nitrogens with one attached hydrogen (secondary N) is 1. The molecule has 0 aliphatic carbocycles. The molecule has 2 heterocycles. The van der Waals surface area contributed by atoms with Crippen molar-refractivity contribution in [3.8, 4) is 39.1 Å². The average Bonchev–Trinajstić information content (AvgIpc) is 3.84. The first-order valence-corrected chi connectivity index (χ1v) is 20.6. The maximum atomic E-state index is 6.43. The number of benzene rings is 10. The summed E-state index contributed by atoms with van der Waals surface area (Å²) in [5.41, 5.74) is 15.5. The van der Waals surface area contributed by atoms with Crippen molar-refractivity contribution in [2.75, 3.05) is 5.32 Å². The van der Waals surface area contributed by atoms with Crippen LogP contribution in [0, 0.1) is 6.92 Å². The van der Waals surface area contributed by atoms with E-state index in [-0.39, 0.29) is 0 Å². The fourth-order valence-corrected chi connectivity index (χ4v) is 9.44. The van der Waals surface area contributed by atoms with E-state index in [0.29, 0.717) is 0 Å². The van der Waals surface area contributed by atoms with Gasteiger partial charge in [0.25, 0.3) is 0 Å². The molecule has 3 heteroatoms. The van der Waals surface area contributed by atoms with Crippen LogP contribution in [0.3, 0.4) is 0 Å². The minimum Gasteiger partial charge on any atom is -0.456 e. The molecule has 12 rings (SSSR count). The monoisotopic (exact) mass is 766 g/mol. The van der Waals surface area contributed by atoms with Crippen LogP contribution in [-0.2, 0) is 0 Å². The SMILES string of the molecule is Cc1ccccc1-c1cc(-c2cc(Nc3cccc(-n4c5ccccc5c5ccccc54)c3)cc(-c3ccc4c(c3)oc3ccccc34)c2)c2c(ccc3ccccc32)c1. The summed E-state index contributed by atoms with van der Waals surface area (Å²) < 4.78 is 8.80. The molecule has 0 fully saturated rings. The van der Waals surface area contributed by atoms with E-state index in [0.717, 1.165) is 55.7 Å². The molecule has 0 atom stereocenters. The Balaban J connectivity index is 1.07. The van der Waals surface area contributed by atoms with Crippen LogP contribution in [0.5, 0.6) is 0 Å². The Morgan fingerprint density at radius 3 is 1.88 bits per heavy atom. The number of para-hydroxylation sites is 3. The highest BCUT2D eigenvalue weighted by atomic mass is 16.3. The van der Waals surface area contributed by atoms with E-state index < -0.39 is 0 Å². The number of aryl methyl sites for hydroxylation is 1. The van der Waals surface area contributed by atoms with Crippen molar-refractivity contribution in [1.29, 1.82) is 0 Å². The van der Waals surface area contributed by atoms with Gasteiger partial charge in [-0.25, -0.2) is 0 Å². The number of hydrogen-bond donors (Lipinski definition) is 1. The fourth-order valence-electron chi connectivity index (χ4n) is 9.44. The van der Waals surface area contributed by atoms with Gasteiger partial charge in [0.15, 0.2) is 0 Å². The molecule has 12 aromatic rings. The number of furan rings is 1. The van der Waals surface area contributed by atoms with Crippen LogP contribution >= 0.6 is 0 Å². The van der Waals surface area contributed by atoms with Crippen LogP contribution in [0.25, 0.3) is 104 Å². The second-order valence-corrected chi connectivity index (χ2v) is 15.9. The molecule has 0 spiro atoms. The number of fused-ring (bicyclic) bond motifs is 9. The van der Waals surface area contributed by atoms with Gasteiger partial charge in [-0.15, -0.1) is 0 Å². The topological polar surface area (TPSA) is 30.1 Å². The van der Waals surface area contributed by atoms with Crippen LogP contribution in [0.2, 0.25) is 0 Å². The first-order chi connectivity index (χ1) is 29.6. The zero-order valence-electron chi connectivity index (χ0n) is 33.0. The summed E-state index contributed by atoms with van der Waals surface area (Å²) in [6, 6.07) is 74.6. The Bertz CT molecular complexity index is 3610. The highest BCUT2D eigenvalue weighted by molar-refractivity contribution is 6.16. The summed E-state index contributed by atoms with van der Waals surface area (Å²) >= 11 is 0. The van der Waals surface area contributed by atoms with Gasteiger partial charge in [0.1, 0.15) is 11.2 Å². The van der Waals surface area contributed by atoms with Crippen LogP contribution in [0.1, 0.15) is 5.56 Å². The molecule has 2 aromatic heterocycles. The summed E-state index contributed by atoms with van der Waals surface area (Å²) in [5, 5.41) is 13.6. The van der Waals surface area contributed by atoms with E-state index >= 15 is 0 Å². The van der Waals surface area contributed by atoms with Crippen molar-refractivity contribution in [2.24, 2.45) is 0 Å². The Morgan fingerprint density at radius 2 is 1.05 bits per heavy atom. The summed E-state index contributed by atoms with van der Waals surface area (Å²) in [5.74, 6) is 0. The molecule has 10 aromatic carbocycles. The normalized spacial score (nSPS) is 11.8. The second kappa shape index (κ2) is 13.6. The number of hydrogen-bond acceptors (Lipinski definition) is 2. The minimum absolute atomic E-state index is 0.880. The maximum Gasteiger partial charge on any atom is 0.136 e. The molecule has 0 aliphatic rings. The van der Waals surface area contributed by atoms with Crippen LogP contribution < -0.4 is 5.32 Å². The molecule has 0 bridgehead atoms. The van der Waals surface area contributed by atoms with Crippen molar-refractivity contribution in [3.63, 3.8) is 0 Å². The van der Waals surface area contributed by atoms with E-state index in [1.54, 1.807) is 0 Å². The molecule has 60 heavy (non-hydrogen) atoms. The van der Waals surface area contributed by atoms with Crippen molar-refractivity contribution >= 4 is 76.7 Å². The van der Waals surface area contributed by atoms with Crippen molar-refractivity contribution in [2.45, 2.75) is 6.92 Å². The molecule has 282 valence electrons. The third-order valence-electron chi connectivity index (χ3n) is 12.2. The standard InChI is InChI=1S/C57H38N2O/c1-36-13-2-4-17-46(36)42-29-39-26-25-37-14-3-5-18-47(37)57(39)52(33-42)41-30-40(38-27-28-51-50-21-8-11-24-55(50)60-56(51)34-38)31-44(32-41)58-43-15-12-16-45(35-43)59-53-22-9-6-19-48(53)49-20-7-10-23-54(49)59/h2-35,58H,1H3. The first kappa shape index (κ1) is 34.2. The Hall–Kier alpha value is -7.88. The Kier molecular flexibility index (Phi) is 7.76. The van der Waals surface area contributed by atoms with Crippen molar-refractivity contribution < 1.29 is 4.42 Å². The molecule has 0 saturated carbocycles. The van der Waals surface area contributed by atoms with Gasteiger partial charge < -0.3 is 14.3 Å². The molecular weight excluding hydrogens is 729 g/mol. The largest absolute Gasteiger partial charge is 0.456 e. The maximum absolute atomic E-state index is 6.43. The molecule has 0 aliphatic heterocycles.